The highest BCUT2D eigenvalue weighted by atomic mass is 16.6. The summed E-state index contributed by atoms with van der Waals surface area (Å²) in [6.07, 6.45) is 76.3. The lowest BCUT2D eigenvalue weighted by molar-refractivity contribution is -0.167. The van der Waals surface area contributed by atoms with E-state index in [2.05, 4.69) is 93.7 Å². The van der Waals surface area contributed by atoms with E-state index in [4.69, 9.17) is 14.2 Å². The molecule has 1 unspecified atom stereocenters. The van der Waals surface area contributed by atoms with Crippen LogP contribution in [0.15, 0.2) is 72.9 Å². The molecule has 6 nitrogen and oxygen atoms in total. The van der Waals surface area contributed by atoms with Crippen LogP contribution in [0.4, 0.5) is 0 Å². The first-order chi connectivity index (χ1) is 35.0. The zero-order chi connectivity index (χ0) is 51.4. The molecule has 0 heterocycles. The second-order valence-electron chi connectivity index (χ2n) is 20.2. The average molecular weight is 992 g/mol. The minimum Gasteiger partial charge on any atom is -0.462 e. The van der Waals surface area contributed by atoms with Gasteiger partial charge in [-0.3, -0.25) is 14.4 Å². The van der Waals surface area contributed by atoms with Crippen molar-refractivity contribution in [2.24, 2.45) is 0 Å². The third-order valence-electron chi connectivity index (χ3n) is 13.2. The van der Waals surface area contributed by atoms with Crippen molar-refractivity contribution in [1.29, 1.82) is 0 Å². The van der Waals surface area contributed by atoms with Crippen molar-refractivity contribution in [3.05, 3.63) is 72.9 Å². The molecule has 0 saturated heterocycles. The Labute approximate surface area is 440 Å². The molecular formula is C65H114O6. The average Bonchev–Trinajstić information content (AvgIpc) is 3.37. The van der Waals surface area contributed by atoms with Gasteiger partial charge in [0.15, 0.2) is 6.10 Å². The molecule has 0 radical (unpaired) electrons. The quantitative estimate of drug-likeness (QED) is 0.0261. The largest absolute Gasteiger partial charge is 0.462 e. The Morgan fingerprint density at radius 2 is 0.563 bits per heavy atom. The maximum absolute atomic E-state index is 12.8. The standard InChI is InChI=1S/C65H114O6/c1-4-7-10-13-16-19-22-25-28-29-30-31-32-33-34-35-36-38-40-43-46-49-52-55-58-64(67)70-61-62(60-69-63(66)57-54-51-48-45-42-39-27-24-21-18-15-12-9-6-3)71-65(68)59-56-53-50-47-44-41-37-26-23-20-17-14-11-8-5-2/h8,11,15,17-18,20,24,26-27,37,44,47,62H,4-7,9-10,12-14,16,19,21-23,25,28-36,38-43,45-46,48-61H2,1-3H3/b11-8-,18-15-,20-17-,27-24-,37-26-,47-44-. The third kappa shape index (κ3) is 57.6. The molecule has 0 aliphatic heterocycles. The molecule has 410 valence electrons. The molecular weight excluding hydrogens is 877 g/mol. The molecule has 71 heavy (non-hydrogen) atoms. The fourth-order valence-corrected chi connectivity index (χ4v) is 8.63. The summed E-state index contributed by atoms with van der Waals surface area (Å²) in [6, 6.07) is 0. The maximum atomic E-state index is 12.8. The summed E-state index contributed by atoms with van der Waals surface area (Å²) in [4.78, 5) is 38.2. The van der Waals surface area contributed by atoms with Crippen LogP contribution in [-0.4, -0.2) is 37.2 Å². The fourth-order valence-electron chi connectivity index (χ4n) is 8.63. The van der Waals surface area contributed by atoms with Crippen LogP contribution < -0.4 is 0 Å². The van der Waals surface area contributed by atoms with Crippen LogP contribution in [0.3, 0.4) is 0 Å². The molecule has 0 aliphatic carbocycles. The third-order valence-corrected chi connectivity index (χ3v) is 13.2. The summed E-state index contributed by atoms with van der Waals surface area (Å²) < 4.78 is 16.8. The van der Waals surface area contributed by atoms with Crippen molar-refractivity contribution in [3.63, 3.8) is 0 Å². The van der Waals surface area contributed by atoms with E-state index in [0.29, 0.717) is 19.3 Å². The van der Waals surface area contributed by atoms with Gasteiger partial charge in [-0.05, 0) is 83.5 Å². The van der Waals surface area contributed by atoms with Gasteiger partial charge in [0.05, 0.1) is 0 Å². The highest BCUT2D eigenvalue weighted by Gasteiger charge is 2.19. The Hall–Kier alpha value is -3.15. The number of rotatable bonds is 55. The Bertz CT molecular complexity index is 1320. The van der Waals surface area contributed by atoms with E-state index in [1.165, 1.54) is 154 Å². The molecule has 0 saturated carbocycles. The number of carbonyl (C=O) groups is 3. The summed E-state index contributed by atoms with van der Waals surface area (Å²) in [7, 11) is 0. The van der Waals surface area contributed by atoms with Crippen LogP contribution in [0.2, 0.25) is 0 Å². The second kappa shape index (κ2) is 59.4. The van der Waals surface area contributed by atoms with Gasteiger partial charge in [-0.1, -0.05) is 273 Å². The van der Waals surface area contributed by atoms with Gasteiger partial charge in [0, 0.05) is 19.3 Å². The number of carbonyl (C=O) groups excluding carboxylic acids is 3. The first-order valence-corrected chi connectivity index (χ1v) is 30.4. The first-order valence-electron chi connectivity index (χ1n) is 30.4. The van der Waals surface area contributed by atoms with Crippen LogP contribution in [-0.2, 0) is 28.6 Å². The zero-order valence-electron chi connectivity index (χ0n) is 47.0. The normalized spacial score (nSPS) is 12.5. The van der Waals surface area contributed by atoms with Gasteiger partial charge >= 0.3 is 17.9 Å². The molecule has 0 aliphatic rings. The van der Waals surface area contributed by atoms with Gasteiger partial charge in [0.1, 0.15) is 13.2 Å². The van der Waals surface area contributed by atoms with E-state index in [-0.39, 0.29) is 37.5 Å². The molecule has 0 fully saturated rings. The van der Waals surface area contributed by atoms with Crippen molar-refractivity contribution in [2.45, 2.75) is 309 Å². The Morgan fingerprint density at radius 1 is 0.296 bits per heavy atom. The van der Waals surface area contributed by atoms with Crippen LogP contribution in [0.5, 0.6) is 0 Å². The van der Waals surface area contributed by atoms with E-state index in [1.807, 2.05) is 0 Å². The number of hydrogen-bond acceptors (Lipinski definition) is 6. The summed E-state index contributed by atoms with van der Waals surface area (Å²) >= 11 is 0. The maximum Gasteiger partial charge on any atom is 0.306 e. The number of ether oxygens (including phenoxy) is 3. The summed E-state index contributed by atoms with van der Waals surface area (Å²) in [5.74, 6) is -0.940. The van der Waals surface area contributed by atoms with E-state index < -0.39 is 6.10 Å². The molecule has 1 atom stereocenters. The fraction of sp³-hybridized carbons (Fsp3) is 0.769. The number of esters is 3. The van der Waals surface area contributed by atoms with Crippen LogP contribution in [0.1, 0.15) is 303 Å². The molecule has 6 heteroatoms. The van der Waals surface area contributed by atoms with E-state index in [9.17, 15) is 14.4 Å². The highest BCUT2D eigenvalue weighted by molar-refractivity contribution is 5.71. The van der Waals surface area contributed by atoms with Crippen molar-refractivity contribution in [2.75, 3.05) is 13.2 Å². The topological polar surface area (TPSA) is 78.9 Å². The second-order valence-corrected chi connectivity index (χ2v) is 20.2. The Kier molecular flexibility index (Phi) is 56.8. The van der Waals surface area contributed by atoms with Gasteiger partial charge in [-0.15, -0.1) is 0 Å². The van der Waals surface area contributed by atoms with Gasteiger partial charge in [0.25, 0.3) is 0 Å². The van der Waals surface area contributed by atoms with Gasteiger partial charge in [-0.25, -0.2) is 0 Å². The first kappa shape index (κ1) is 67.8. The molecule has 0 amide bonds. The Balaban J connectivity index is 4.31. The van der Waals surface area contributed by atoms with Gasteiger partial charge in [0.2, 0.25) is 0 Å². The minimum atomic E-state index is -0.802. The number of unbranched alkanes of at least 4 members (excludes halogenated alkanes) is 32. The SMILES string of the molecule is CC/C=C\C/C=C\C/C=C\C/C=C\CCCCC(=O)OC(COC(=O)CCCCCCC/C=C\C/C=C\CCCC)COC(=O)CCCCCCCCCCCCCCCCCCCCCCCCCC. The monoisotopic (exact) mass is 991 g/mol. The van der Waals surface area contributed by atoms with E-state index in [1.54, 1.807) is 0 Å². The number of hydrogen-bond donors (Lipinski definition) is 0. The predicted octanol–water partition coefficient (Wildman–Crippen LogP) is 20.5. The van der Waals surface area contributed by atoms with Crippen LogP contribution in [0, 0.1) is 0 Å². The molecule has 0 rings (SSSR count). The summed E-state index contributed by atoms with van der Waals surface area (Å²) in [6.45, 7) is 6.47. The molecule has 0 aromatic carbocycles. The lowest BCUT2D eigenvalue weighted by Gasteiger charge is -2.18. The molecule has 0 aromatic rings. The molecule has 0 N–H and O–H groups in total. The lowest BCUT2D eigenvalue weighted by atomic mass is 10.0. The highest BCUT2D eigenvalue weighted by Crippen LogP contribution is 2.17. The predicted molar refractivity (Wildman–Crippen MR) is 307 cm³/mol. The lowest BCUT2D eigenvalue weighted by Crippen LogP contribution is -2.30. The van der Waals surface area contributed by atoms with Gasteiger partial charge in [-0.2, -0.15) is 0 Å². The van der Waals surface area contributed by atoms with Crippen LogP contribution >= 0.6 is 0 Å². The number of allylic oxidation sites excluding steroid dienone is 12. The zero-order valence-corrected chi connectivity index (χ0v) is 47.0. The summed E-state index contributed by atoms with van der Waals surface area (Å²) in [5.41, 5.74) is 0. The van der Waals surface area contributed by atoms with Gasteiger partial charge < -0.3 is 14.2 Å². The minimum absolute atomic E-state index is 0.0944. The Morgan fingerprint density at radius 3 is 0.930 bits per heavy atom. The molecule has 0 aromatic heterocycles. The van der Waals surface area contributed by atoms with E-state index >= 15 is 0 Å². The van der Waals surface area contributed by atoms with E-state index in [0.717, 1.165) is 103 Å². The summed E-state index contributed by atoms with van der Waals surface area (Å²) in [5, 5.41) is 0. The van der Waals surface area contributed by atoms with Crippen molar-refractivity contribution in [3.8, 4) is 0 Å². The molecule has 0 spiro atoms. The van der Waals surface area contributed by atoms with Crippen molar-refractivity contribution in [1.82, 2.24) is 0 Å². The van der Waals surface area contributed by atoms with Crippen molar-refractivity contribution < 1.29 is 28.6 Å². The molecule has 0 bridgehead atoms. The van der Waals surface area contributed by atoms with Crippen LogP contribution in [0.25, 0.3) is 0 Å². The van der Waals surface area contributed by atoms with Crippen molar-refractivity contribution >= 4 is 17.9 Å². The smallest absolute Gasteiger partial charge is 0.306 e.